The molecule has 2 atom stereocenters. The quantitative estimate of drug-likeness (QED) is 0.436. The van der Waals surface area contributed by atoms with Crippen molar-refractivity contribution in [1.29, 1.82) is 0 Å². The van der Waals surface area contributed by atoms with Crippen molar-refractivity contribution < 1.29 is 19.4 Å². The molecule has 0 aliphatic heterocycles. The number of fused-ring (bicyclic) bond motifs is 1. The van der Waals surface area contributed by atoms with Crippen LogP contribution in [0, 0.1) is 0 Å². The van der Waals surface area contributed by atoms with Gasteiger partial charge >= 0.3 is 5.97 Å². The minimum absolute atomic E-state index is 0.101. The number of methoxy groups -OCH3 is 1. The number of hydrogen-bond donors (Lipinski definition) is 4. The van der Waals surface area contributed by atoms with E-state index < -0.39 is 12.0 Å². The summed E-state index contributed by atoms with van der Waals surface area (Å²) in [5.41, 5.74) is 1.83. The van der Waals surface area contributed by atoms with Crippen molar-refractivity contribution in [1.82, 2.24) is 15.6 Å². The summed E-state index contributed by atoms with van der Waals surface area (Å²) >= 11 is 0. The van der Waals surface area contributed by atoms with Gasteiger partial charge in [0, 0.05) is 23.7 Å². The van der Waals surface area contributed by atoms with Gasteiger partial charge in [0.25, 0.3) is 0 Å². The molecule has 0 saturated carbocycles. The van der Waals surface area contributed by atoms with Crippen molar-refractivity contribution >= 4 is 28.5 Å². The Morgan fingerprint density at radius 2 is 2.07 bits per heavy atom. The lowest BCUT2D eigenvalue weighted by Crippen LogP contribution is -2.43. The number of benzene rings is 1. The fraction of sp³-hybridized carbons (Fsp3) is 0.450. The monoisotopic (exact) mass is 388 g/mol. The summed E-state index contributed by atoms with van der Waals surface area (Å²) in [4.78, 5) is 26.8. The number of hydrogen-bond acceptors (Lipinski definition) is 6. The number of amides is 1. The molecule has 28 heavy (non-hydrogen) atoms. The minimum Gasteiger partial charge on any atom is -0.497 e. The number of carbonyl (C=O) groups excluding carboxylic acids is 1. The molecule has 0 saturated heterocycles. The molecule has 8 nitrogen and oxygen atoms in total. The fourth-order valence-corrected chi connectivity index (χ4v) is 2.82. The molecule has 1 heterocycles. The van der Waals surface area contributed by atoms with Crippen LogP contribution in [-0.2, 0) is 9.59 Å². The summed E-state index contributed by atoms with van der Waals surface area (Å²) in [7, 11) is 1.64. The molecule has 1 aromatic heterocycles. The van der Waals surface area contributed by atoms with Crippen LogP contribution in [0.4, 0.5) is 5.69 Å². The number of rotatable bonds is 11. The molecule has 152 valence electrons. The summed E-state index contributed by atoms with van der Waals surface area (Å²) in [5, 5.41) is 18.7. The second kappa shape index (κ2) is 10.5. The number of nitrogens with zero attached hydrogens (tertiary/aromatic N) is 1. The topological polar surface area (TPSA) is 113 Å². The number of nitrogens with one attached hydrogen (secondary N) is 3. The molecule has 4 N–H and O–H groups in total. The number of aliphatic carboxylic acids is 1. The van der Waals surface area contributed by atoms with Crippen LogP contribution < -0.4 is 20.7 Å². The van der Waals surface area contributed by atoms with Crippen molar-refractivity contribution in [3.05, 3.63) is 30.5 Å². The van der Waals surface area contributed by atoms with E-state index in [2.05, 4.69) is 27.9 Å². The van der Waals surface area contributed by atoms with Crippen LogP contribution in [0.25, 0.3) is 10.9 Å². The first-order valence-corrected chi connectivity index (χ1v) is 9.33. The number of carboxylic acids is 1. The Hall–Kier alpha value is -2.87. The zero-order valence-electron chi connectivity index (χ0n) is 16.5. The van der Waals surface area contributed by atoms with Gasteiger partial charge in [0.05, 0.1) is 24.9 Å². The Balaban J connectivity index is 1.77. The molecule has 0 aliphatic rings. The molecule has 0 fully saturated rings. The number of ether oxygens (including phenoxy) is 1. The lowest BCUT2D eigenvalue weighted by molar-refractivity contribution is -0.141. The first-order valence-electron chi connectivity index (χ1n) is 9.33. The molecule has 0 radical (unpaired) electrons. The third kappa shape index (κ3) is 6.38. The van der Waals surface area contributed by atoms with Gasteiger partial charge in [0.2, 0.25) is 5.91 Å². The van der Waals surface area contributed by atoms with Gasteiger partial charge in [0.15, 0.2) is 0 Å². The van der Waals surface area contributed by atoms with E-state index in [1.165, 1.54) is 6.92 Å². The van der Waals surface area contributed by atoms with E-state index in [1.54, 1.807) is 13.3 Å². The highest BCUT2D eigenvalue weighted by molar-refractivity contribution is 5.92. The van der Waals surface area contributed by atoms with Gasteiger partial charge in [-0.15, -0.1) is 0 Å². The maximum absolute atomic E-state index is 11.6. The van der Waals surface area contributed by atoms with Crippen LogP contribution in [-0.4, -0.2) is 54.2 Å². The Labute approximate surface area is 164 Å². The summed E-state index contributed by atoms with van der Waals surface area (Å²) in [6.07, 6.45) is 3.53. The summed E-state index contributed by atoms with van der Waals surface area (Å²) in [6.45, 7) is 4.29. The zero-order valence-corrected chi connectivity index (χ0v) is 16.5. The highest BCUT2D eigenvalue weighted by Gasteiger charge is 2.13. The number of carbonyl (C=O) groups is 2. The molecule has 2 rings (SSSR count). The first kappa shape index (κ1) is 21.4. The van der Waals surface area contributed by atoms with E-state index in [1.807, 2.05) is 24.3 Å². The summed E-state index contributed by atoms with van der Waals surface area (Å²) in [6, 6.07) is 7.12. The van der Waals surface area contributed by atoms with Crippen LogP contribution in [0.3, 0.4) is 0 Å². The smallest absolute Gasteiger partial charge is 0.325 e. The number of aromatic nitrogens is 1. The van der Waals surface area contributed by atoms with Gasteiger partial charge in [0.1, 0.15) is 11.8 Å². The van der Waals surface area contributed by atoms with Gasteiger partial charge in [-0.05, 0) is 45.4 Å². The lowest BCUT2D eigenvalue weighted by Gasteiger charge is -2.17. The Morgan fingerprint density at radius 1 is 1.29 bits per heavy atom. The number of pyridine rings is 1. The molecule has 2 aromatic rings. The maximum atomic E-state index is 11.6. The standard InChI is InChI=1S/C20H28N4O4/c1-13(6-4-8-21-12-18(25)24-14(2)20(26)27)23-17-11-16(28-3)10-15-7-5-9-22-19(15)17/h5,7,9-11,13-14,21,23H,4,6,8,12H2,1-3H3,(H,24,25)(H,26,27)/t13?,14-/m0/s1. The molecule has 0 spiro atoms. The van der Waals surface area contributed by atoms with Gasteiger partial charge in [-0.1, -0.05) is 6.07 Å². The molecule has 8 heteroatoms. The van der Waals surface area contributed by atoms with E-state index in [0.29, 0.717) is 6.54 Å². The molecule has 1 aromatic carbocycles. The van der Waals surface area contributed by atoms with Crippen LogP contribution in [0.15, 0.2) is 30.5 Å². The Kier molecular flexibility index (Phi) is 8.01. The van der Waals surface area contributed by atoms with Crippen molar-refractivity contribution in [3.8, 4) is 5.75 Å². The van der Waals surface area contributed by atoms with Gasteiger partial charge in [-0.3, -0.25) is 14.6 Å². The fourth-order valence-electron chi connectivity index (χ4n) is 2.82. The van der Waals surface area contributed by atoms with E-state index >= 15 is 0 Å². The molecule has 1 amide bonds. The Bertz CT molecular complexity index is 812. The van der Waals surface area contributed by atoms with Gasteiger partial charge in [-0.2, -0.15) is 0 Å². The van der Waals surface area contributed by atoms with Crippen LogP contribution >= 0.6 is 0 Å². The SMILES string of the molecule is COc1cc(NC(C)CCCNCC(=O)N[C@@H](C)C(=O)O)c2ncccc2c1. The second-order valence-electron chi connectivity index (χ2n) is 6.74. The maximum Gasteiger partial charge on any atom is 0.325 e. The van der Waals surface area contributed by atoms with E-state index in [9.17, 15) is 9.59 Å². The minimum atomic E-state index is -1.05. The largest absolute Gasteiger partial charge is 0.497 e. The average Bonchev–Trinajstić information content (AvgIpc) is 2.67. The lowest BCUT2D eigenvalue weighted by atomic mass is 10.1. The molecule has 0 aliphatic carbocycles. The van der Waals surface area contributed by atoms with E-state index in [4.69, 9.17) is 9.84 Å². The third-order valence-corrected chi connectivity index (χ3v) is 4.34. The molecule has 1 unspecified atom stereocenters. The normalized spacial score (nSPS) is 13.0. The molecule has 0 bridgehead atoms. The Morgan fingerprint density at radius 3 is 2.79 bits per heavy atom. The van der Waals surface area contributed by atoms with Crippen molar-refractivity contribution in [2.45, 2.75) is 38.8 Å². The molecular weight excluding hydrogens is 360 g/mol. The average molecular weight is 388 g/mol. The number of carboxylic acid groups (broad SMARTS) is 1. The molecular formula is C20H28N4O4. The predicted molar refractivity (Wildman–Crippen MR) is 109 cm³/mol. The predicted octanol–water partition coefficient (Wildman–Crippen LogP) is 2.00. The van der Waals surface area contributed by atoms with Crippen molar-refractivity contribution in [3.63, 3.8) is 0 Å². The van der Waals surface area contributed by atoms with Gasteiger partial charge < -0.3 is 25.8 Å². The van der Waals surface area contributed by atoms with Crippen molar-refractivity contribution in [2.24, 2.45) is 0 Å². The van der Waals surface area contributed by atoms with E-state index in [0.717, 1.165) is 35.2 Å². The zero-order chi connectivity index (χ0) is 20.5. The third-order valence-electron chi connectivity index (χ3n) is 4.34. The van der Waals surface area contributed by atoms with Crippen LogP contribution in [0.5, 0.6) is 5.75 Å². The van der Waals surface area contributed by atoms with Crippen LogP contribution in [0.1, 0.15) is 26.7 Å². The first-order chi connectivity index (χ1) is 13.4. The summed E-state index contributed by atoms with van der Waals surface area (Å²) in [5.74, 6) is -0.596. The van der Waals surface area contributed by atoms with Gasteiger partial charge in [-0.25, -0.2) is 0 Å². The van der Waals surface area contributed by atoms with E-state index in [-0.39, 0.29) is 18.5 Å². The number of anilines is 1. The second-order valence-corrected chi connectivity index (χ2v) is 6.74. The summed E-state index contributed by atoms with van der Waals surface area (Å²) < 4.78 is 5.37. The highest BCUT2D eigenvalue weighted by atomic mass is 16.5. The van der Waals surface area contributed by atoms with Crippen molar-refractivity contribution in [2.75, 3.05) is 25.5 Å². The van der Waals surface area contributed by atoms with Crippen LogP contribution in [0.2, 0.25) is 0 Å². The highest BCUT2D eigenvalue weighted by Crippen LogP contribution is 2.28.